The van der Waals surface area contributed by atoms with Gasteiger partial charge in [-0.3, -0.25) is 4.79 Å². The van der Waals surface area contributed by atoms with Crippen LogP contribution in [0.1, 0.15) is 31.0 Å². The van der Waals surface area contributed by atoms with E-state index in [9.17, 15) is 9.90 Å². The van der Waals surface area contributed by atoms with Crippen molar-refractivity contribution in [3.05, 3.63) is 35.4 Å². The standard InChI is InChI=1S/C14H19NO2/c1-9(2)12(14(16)17)13-11-6-4-3-5-10(11)7-8-15-13/h3-6,9,12-13,15H,7-8H2,1-2H3,(H,16,17). The Morgan fingerprint density at radius 3 is 2.76 bits per heavy atom. The van der Waals surface area contributed by atoms with Crippen molar-refractivity contribution in [1.82, 2.24) is 5.32 Å². The third-order valence-electron chi connectivity index (χ3n) is 3.51. The van der Waals surface area contributed by atoms with Gasteiger partial charge in [0.05, 0.1) is 5.92 Å². The molecule has 0 amide bonds. The maximum Gasteiger partial charge on any atom is 0.308 e. The fourth-order valence-corrected chi connectivity index (χ4v) is 2.67. The van der Waals surface area contributed by atoms with Gasteiger partial charge in [-0.2, -0.15) is 0 Å². The van der Waals surface area contributed by atoms with Crippen LogP contribution in [0.5, 0.6) is 0 Å². The zero-order valence-electron chi connectivity index (χ0n) is 10.3. The Hall–Kier alpha value is -1.35. The lowest BCUT2D eigenvalue weighted by Gasteiger charge is -2.33. The molecule has 0 bridgehead atoms. The van der Waals surface area contributed by atoms with Crippen LogP contribution in [-0.2, 0) is 11.2 Å². The Balaban J connectivity index is 2.37. The highest BCUT2D eigenvalue weighted by atomic mass is 16.4. The van der Waals surface area contributed by atoms with Crippen molar-refractivity contribution >= 4 is 5.97 Å². The molecule has 3 heteroatoms. The van der Waals surface area contributed by atoms with Gasteiger partial charge in [0, 0.05) is 6.04 Å². The van der Waals surface area contributed by atoms with Gasteiger partial charge in [-0.25, -0.2) is 0 Å². The molecule has 1 aliphatic heterocycles. The summed E-state index contributed by atoms with van der Waals surface area (Å²) < 4.78 is 0. The van der Waals surface area contributed by atoms with Crippen LogP contribution in [-0.4, -0.2) is 17.6 Å². The summed E-state index contributed by atoms with van der Waals surface area (Å²) in [4.78, 5) is 11.4. The average Bonchev–Trinajstić information content (AvgIpc) is 2.28. The summed E-state index contributed by atoms with van der Waals surface area (Å²) in [6.07, 6.45) is 0.983. The molecule has 17 heavy (non-hydrogen) atoms. The number of aliphatic carboxylic acids is 1. The first-order chi connectivity index (χ1) is 8.11. The molecule has 1 heterocycles. The van der Waals surface area contributed by atoms with Gasteiger partial charge in [0.1, 0.15) is 0 Å². The highest BCUT2D eigenvalue weighted by molar-refractivity contribution is 5.72. The number of fused-ring (bicyclic) bond motifs is 1. The summed E-state index contributed by atoms with van der Waals surface area (Å²) in [5.74, 6) is -0.957. The van der Waals surface area contributed by atoms with E-state index < -0.39 is 5.97 Å². The number of benzene rings is 1. The maximum atomic E-state index is 11.4. The van der Waals surface area contributed by atoms with Crippen molar-refractivity contribution in [2.75, 3.05) is 6.54 Å². The molecule has 2 unspecified atom stereocenters. The second kappa shape index (κ2) is 4.88. The topological polar surface area (TPSA) is 49.3 Å². The molecule has 0 spiro atoms. The van der Waals surface area contributed by atoms with Gasteiger partial charge in [0.15, 0.2) is 0 Å². The van der Waals surface area contributed by atoms with E-state index in [-0.39, 0.29) is 17.9 Å². The summed E-state index contributed by atoms with van der Waals surface area (Å²) >= 11 is 0. The summed E-state index contributed by atoms with van der Waals surface area (Å²) in [5.41, 5.74) is 2.43. The number of nitrogens with one attached hydrogen (secondary N) is 1. The lowest BCUT2D eigenvalue weighted by molar-refractivity contribution is -0.144. The molecule has 0 radical (unpaired) electrons. The number of hydrogen-bond acceptors (Lipinski definition) is 2. The minimum absolute atomic E-state index is 0.0579. The van der Waals surface area contributed by atoms with Crippen LogP contribution in [0.2, 0.25) is 0 Å². The van der Waals surface area contributed by atoms with Crippen LogP contribution < -0.4 is 5.32 Å². The molecule has 1 aliphatic rings. The number of rotatable bonds is 3. The van der Waals surface area contributed by atoms with Crippen molar-refractivity contribution in [3.8, 4) is 0 Å². The zero-order valence-corrected chi connectivity index (χ0v) is 10.3. The van der Waals surface area contributed by atoms with Crippen LogP contribution >= 0.6 is 0 Å². The second-order valence-electron chi connectivity index (χ2n) is 4.99. The molecule has 92 valence electrons. The van der Waals surface area contributed by atoms with Gasteiger partial charge in [-0.1, -0.05) is 38.1 Å². The molecule has 1 aromatic carbocycles. The molecule has 0 aliphatic carbocycles. The van der Waals surface area contributed by atoms with Crippen molar-refractivity contribution in [1.29, 1.82) is 0 Å². The predicted molar refractivity (Wildman–Crippen MR) is 66.9 cm³/mol. The minimum Gasteiger partial charge on any atom is -0.481 e. The Morgan fingerprint density at radius 2 is 2.12 bits per heavy atom. The lowest BCUT2D eigenvalue weighted by atomic mass is 9.80. The third kappa shape index (κ3) is 2.34. The van der Waals surface area contributed by atoms with Crippen LogP contribution in [0.15, 0.2) is 24.3 Å². The Bertz CT molecular complexity index is 414. The van der Waals surface area contributed by atoms with E-state index in [4.69, 9.17) is 0 Å². The molecule has 2 N–H and O–H groups in total. The van der Waals surface area contributed by atoms with Crippen molar-refractivity contribution < 1.29 is 9.90 Å². The molecule has 0 saturated carbocycles. The lowest BCUT2D eigenvalue weighted by Crippen LogP contribution is -2.40. The summed E-state index contributed by atoms with van der Waals surface area (Å²) in [7, 11) is 0. The van der Waals surface area contributed by atoms with Gasteiger partial charge >= 0.3 is 5.97 Å². The van der Waals surface area contributed by atoms with E-state index in [2.05, 4.69) is 11.4 Å². The molecule has 0 aromatic heterocycles. The first kappa shape index (κ1) is 12.1. The molecule has 0 saturated heterocycles. The summed E-state index contributed by atoms with van der Waals surface area (Å²) in [6.45, 7) is 4.80. The minimum atomic E-state index is -0.714. The van der Waals surface area contributed by atoms with Crippen molar-refractivity contribution in [3.63, 3.8) is 0 Å². The normalized spacial score (nSPS) is 21.0. The number of carboxylic acid groups (broad SMARTS) is 1. The van der Waals surface area contributed by atoms with Crippen LogP contribution in [0.4, 0.5) is 0 Å². The largest absolute Gasteiger partial charge is 0.481 e. The van der Waals surface area contributed by atoms with Gasteiger partial charge in [-0.05, 0) is 30.0 Å². The van der Waals surface area contributed by atoms with Gasteiger partial charge in [-0.15, -0.1) is 0 Å². The highest BCUT2D eigenvalue weighted by Gasteiger charge is 2.34. The molecule has 1 aromatic rings. The number of carbonyl (C=O) groups is 1. The summed E-state index contributed by atoms with van der Waals surface area (Å²) in [5, 5.41) is 12.7. The van der Waals surface area contributed by atoms with Gasteiger partial charge < -0.3 is 10.4 Å². The molecule has 3 nitrogen and oxygen atoms in total. The van der Waals surface area contributed by atoms with E-state index in [0.717, 1.165) is 18.5 Å². The zero-order chi connectivity index (χ0) is 12.4. The van der Waals surface area contributed by atoms with Crippen LogP contribution in [0.25, 0.3) is 0 Å². The Labute approximate surface area is 102 Å². The van der Waals surface area contributed by atoms with Gasteiger partial charge in [0.2, 0.25) is 0 Å². The first-order valence-electron chi connectivity index (χ1n) is 6.15. The molecule has 0 fully saturated rings. The van der Waals surface area contributed by atoms with Gasteiger partial charge in [0.25, 0.3) is 0 Å². The van der Waals surface area contributed by atoms with Crippen molar-refractivity contribution in [2.45, 2.75) is 26.3 Å². The van der Waals surface area contributed by atoms with Crippen LogP contribution in [0, 0.1) is 11.8 Å². The van der Waals surface area contributed by atoms with E-state index in [1.807, 2.05) is 32.0 Å². The number of carboxylic acids is 1. The Kier molecular flexibility index (Phi) is 3.48. The van der Waals surface area contributed by atoms with E-state index in [1.165, 1.54) is 5.56 Å². The fraction of sp³-hybridized carbons (Fsp3) is 0.500. The SMILES string of the molecule is CC(C)C(C(=O)O)C1NCCc2ccccc21. The van der Waals surface area contributed by atoms with Crippen LogP contribution in [0.3, 0.4) is 0 Å². The molecular weight excluding hydrogens is 214 g/mol. The highest BCUT2D eigenvalue weighted by Crippen LogP contribution is 2.32. The summed E-state index contributed by atoms with van der Waals surface area (Å²) in [6, 6.07) is 8.09. The number of hydrogen-bond donors (Lipinski definition) is 2. The maximum absolute atomic E-state index is 11.4. The average molecular weight is 233 g/mol. The Morgan fingerprint density at radius 1 is 1.41 bits per heavy atom. The predicted octanol–water partition coefficient (Wildman–Crippen LogP) is 2.23. The van der Waals surface area contributed by atoms with E-state index >= 15 is 0 Å². The quantitative estimate of drug-likeness (QED) is 0.841. The first-order valence-corrected chi connectivity index (χ1v) is 6.15. The van der Waals surface area contributed by atoms with E-state index in [0.29, 0.717) is 0 Å². The second-order valence-corrected chi connectivity index (χ2v) is 4.99. The fourth-order valence-electron chi connectivity index (χ4n) is 2.67. The smallest absolute Gasteiger partial charge is 0.308 e. The molecule has 2 atom stereocenters. The molecular formula is C14H19NO2. The van der Waals surface area contributed by atoms with E-state index in [1.54, 1.807) is 0 Å². The van der Waals surface area contributed by atoms with Crippen molar-refractivity contribution in [2.24, 2.45) is 11.8 Å². The molecule has 2 rings (SSSR count). The third-order valence-corrected chi connectivity index (χ3v) is 3.51. The monoisotopic (exact) mass is 233 g/mol.